The summed E-state index contributed by atoms with van der Waals surface area (Å²) in [6.07, 6.45) is 0. The predicted molar refractivity (Wildman–Crippen MR) is 71.3 cm³/mol. The van der Waals surface area contributed by atoms with Gasteiger partial charge in [-0.05, 0) is 12.1 Å². The van der Waals surface area contributed by atoms with Gasteiger partial charge in [-0.3, -0.25) is 0 Å². The van der Waals surface area contributed by atoms with Crippen molar-refractivity contribution in [3.63, 3.8) is 0 Å². The quantitative estimate of drug-likeness (QED) is 0.834. The van der Waals surface area contributed by atoms with E-state index in [-0.39, 0.29) is 32.3 Å². The molecule has 18 heavy (non-hydrogen) atoms. The van der Waals surface area contributed by atoms with E-state index in [1.54, 1.807) is 0 Å². The molecule has 6 heteroatoms. The van der Waals surface area contributed by atoms with E-state index in [0.29, 0.717) is 5.75 Å². The SMILES string of the molecule is Oc1ccc(Oc2c(Cl)cc(O)cc2Cl)c(Cl)c1. The van der Waals surface area contributed by atoms with E-state index >= 15 is 0 Å². The van der Waals surface area contributed by atoms with Crippen LogP contribution in [0.1, 0.15) is 0 Å². The van der Waals surface area contributed by atoms with Gasteiger partial charge in [0.25, 0.3) is 0 Å². The number of hydrogen-bond donors (Lipinski definition) is 2. The zero-order valence-electron chi connectivity index (χ0n) is 8.82. The van der Waals surface area contributed by atoms with Crippen molar-refractivity contribution in [3.05, 3.63) is 45.4 Å². The summed E-state index contributed by atoms with van der Waals surface area (Å²) in [5.74, 6) is 0.442. The summed E-state index contributed by atoms with van der Waals surface area (Å²) in [7, 11) is 0. The summed E-state index contributed by atoms with van der Waals surface area (Å²) in [5.41, 5.74) is 0. The number of rotatable bonds is 2. The molecule has 94 valence electrons. The van der Waals surface area contributed by atoms with Crippen molar-refractivity contribution in [1.82, 2.24) is 0 Å². The standard InChI is InChI=1S/C12H7Cl3O3/c13-8-3-6(16)1-2-11(8)18-12-9(14)4-7(17)5-10(12)15/h1-5,16-17H. The van der Waals surface area contributed by atoms with Crippen LogP contribution in [0.15, 0.2) is 30.3 Å². The molecule has 0 bridgehead atoms. The second kappa shape index (κ2) is 5.14. The van der Waals surface area contributed by atoms with Gasteiger partial charge in [-0.25, -0.2) is 0 Å². The number of ether oxygens (including phenoxy) is 1. The highest BCUT2D eigenvalue weighted by Gasteiger charge is 2.12. The van der Waals surface area contributed by atoms with Gasteiger partial charge in [-0.2, -0.15) is 0 Å². The fourth-order valence-electron chi connectivity index (χ4n) is 1.33. The van der Waals surface area contributed by atoms with Gasteiger partial charge in [0.15, 0.2) is 5.75 Å². The minimum atomic E-state index is -0.0610. The van der Waals surface area contributed by atoms with Crippen molar-refractivity contribution in [2.75, 3.05) is 0 Å². The maximum atomic E-state index is 9.29. The van der Waals surface area contributed by atoms with Crippen LogP contribution < -0.4 is 4.74 Å². The Labute approximate surface area is 118 Å². The Bertz CT molecular complexity index is 576. The normalized spacial score (nSPS) is 10.4. The Hall–Kier alpha value is -1.29. The first-order chi connectivity index (χ1) is 8.47. The van der Waals surface area contributed by atoms with Crippen LogP contribution in [0.25, 0.3) is 0 Å². The average molecular weight is 306 g/mol. The molecule has 3 nitrogen and oxygen atoms in total. The summed E-state index contributed by atoms with van der Waals surface area (Å²) >= 11 is 17.7. The van der Waals surface area contributed by atoms with Crippen LogP contribution in [0, 0.1) is 0 Å². The van der Waals surface area contributed by atoms with Gasteiger partial charge in [-0.15, -0.1) is 0 Å². The zero-order valence-corrected chi connectivity index (χ0v) is 11.1. The molecule has 0 aliphatic heterocycles. The number of halogens is 3. The van der Waals surface area contributed by atoms with E-state index in [1.807, 2.05) is 0 Å². The van der Waals surface area contributed by atoms with Crippen LogP contribution in [0.4, 0.5) is 0 Å². The monoisotopic (exact) mass is 304 g/mol. The fraction of sp³-hybridized carbons (Fsp3) is 0. The lowest BCUT2D eigenvalue weighted by Crippen LogP contribution is -1.87. The van der Waals surface area contributed by atoms with Crippen molar-refractivity contribution in [1.29, 1.82) is 0 Å². The maximum absolute atomic E-state index is 9.29. The largest absolute Gasteiger partial charge is 0.508 e. The fourth-order valence-corrected chi connectivity index (χ4v) is 2.09. The van der Waals surface area contributed by atoms with Crippen molar-refractivity contribution >= 4 is 34.8 Å². The first kappa shape index (κ1) is 13.1. The van der Waals surface area contributed by atoms with Gasteiger partial charge in [0.2, 0.25) is 0 Å². The lowest BCUT2D eigenvalue weighted by molar-refractivity contribution is 0.459. The molecule has 2 aromatic rings. The number of phenolic OH excluding ortho intramolecular Hbond substituents is 2. The molecule has 2 rings (SSSR count). The zero-order chi connectivity index (χ0) is 13.3. The minimum absolute atomic E-state index is 0.0234. The third-order valence-corrected chi connectivity index (χ3v) is 2.97. The highest BCUT2D eigenvalue weighted by Crippen LogP contribution is 2.41. The molecule has 2 N–H and O–H groups in total. The Morgan fingerprint density at radius 2 is 1.33 bits per heavy atom. The minimum Gasteiger partial charge on any atom is -0.508 e. The van der Waals surface area contributed by atoms with E-state index in [9.17, 15) is 10.2 Å². The van der Waals surface area contributed by atoms with Crippen LogP contribution in [0.3, 0.4) is 0 Å². The second-order valence-electron chi connectivity index (χ2n) is 3.46. The first-order valence-electron chi connectivity index (χ1n) is 4.82. The van der Waals surface area contributed by atoms with Gasteiger partial charge < -0.3 is 14.9 Å². The molecule has 0 spiro atoms. The van der Waals surface area contributed by atoms with Gasteiger partial charge in [0.1, 0.15) is 17.2 Å². The summed E-state index contributed by atoms with van der Waals surface area (Å²) < 4.78 is 5.46. The summed E-state index contributed by atoms with van der Waals surface area (Å²) in [4.78, 5) is 0. The molecule has 0 heterocycles. The van der Waals surface area contributed by atoms with Crippen molar-refractivity contribution < 1.29 is 14.9 Å². The van der Waals surface area contributed by atoms with E-state index < -0.39 is 0 Å². The van der Waals surface area contributed by atoms with E-state index in [4.69, 9.17) is 39.5 Å². The van der Waals surface area contributed by atoms with Gasteiger partial charge >= 0.3 is 0 Å². The molecule has 0 radical (unpaired) electrons. The Morgan fingerprint density at radius 1 is 0.778 bits per heavy atom. The van der Waals surface area contributed by atoms with Crippen LogP contribution in [0.5, 0.6) is 23.0 Å². The maximum Gasteiger partial charge on any atom is 0.164 e. The van der Waals surface area contributed by atoms with E-state index in [0.717, 1.165) is 0 Å². The molecule has 0 aromatic heterocycles. The van der Waals surface area contributed by atoms with Gasteiger partial charge in [0, 0.05) is 18.2 Å². The van der Waals surface area contributed by atoms with Crippen LogP contribution in [0.2, 0.25) is 15.1 Å². The predicted octanol–water partition coefficient (Wildman–Crippen LogP) is 4.85. The lowest BCUT2D eigenvalue weighted by atomic mass is 10.3. The van der Waals surface area contributed by atoms with Crippen LogP contribution >= 0.6 is 34.8 Å². The van der Waals surface area contributed by atoms with E-state index in [2.05, 4.69) is 0 Å². The molecule has 0 unspecified atom stereocenters. The average Bonchev–Trinajstić information content (AvgIpc) is 2.25. The Kier molecular flexibility index (Phi) is 3.76. The third kappa shape index (κ3) is 2.75. The molecule has 0 amide bonds. The summed E-state index contributed by atoms with van der Waals surface area (Å²) in [6, 6.07) is 6.84. The second-order valence-corrected chi connectivity index (χ2v) is 4.68. The third-order valence-electron chi connectivity index (χ3n) is 2.11. The van der Waals surface area contributed by atoms with Gasteiger partial charge in [-0.1, -0.05) is 34.8 Å². The van der Waals surface area contributed by atoms with Crippen molar-refractivity contribution in [2.45, 2.75) is 0 Å². The van der Waals surface area contributed by atoms with E-state index in [1.165, 1.54) is 30.3 Å². The molecule has 2 aromatic carbocycles. The molecular formula is C12H7Cl3O3. The van der Waals surface area contributed by atoms with Crippen molar-refractivity contribution in [3.8, 4) is 23.0 Å². The molecule has 0 fully saturated rings. The highest BCUT2D eigenvalue weighted by atomic mass is 35.5. The first-order valence-corrected chi connectivity index (χ1v) is 5.95. The van der Waals surface area contributed by atoms with Crippen molar-refractivity contribution in [2.24, 2.45) is 0 Å². The lowest BCUT2D eigenvalue weighted by Gasteiger charge is -2.11. The molecule has 0 aliphatic rings. The Balaban J connectivity index is 2.40. The smallest absolute Gasteiger partial charge is 0.164 e. The summed E-state index contributed by atoms with van der Waals surface area (Å²) in [6.45, 7) is 0. The van der Waals surface area contributed by atoms with Crippen LogP contribution in [-0.2, 0) is 0 Å². The Morgan fingerprint density at radius 3 is 1.89 bits per heavy atom. The number of hydrogen-bond acceptors (Lipinski definition) is 3. The van der Waals surface area contributed by atoms with Crippen LogP contribution in [-0.4, -0.2) is 10.2 Å². The molecule has 0 aliphatic carbocycles. The number of phenols is 2. The molecular weight excluding hydrogens is 298 g/mol. The molecule has 0 saturated heterocycles. The number of aromatic hydroxyl groups is 2. The molecule has 0 atom stereocenters. The molecule has 0 saturated carbocycles. The summed E-state index contributed by atoms with van der Waals surface area (Å²) in [5, 5.41) is 19.0. The number of benzene rings is 2. The topological polar surface area (TPSA) is 49.7 Å². The highest BCUT2D eigenvalue weighted by molar-refractivity contribution is 6.37. The van der Waals surface area contributed by atoms with Gasteiger partial charge in [0.05, 0.1) is 15.1 Å².